The van der Waals surface area contributed by atoms with Crippen LogP contribution in [0.15, 0.2) is 4.79 Å². The van der Waals surface area contributed by atoms with Gasteiger partial charge in [0.1, 0.15) is 11.4 Å². The second kappa shape index (κ2) is 5.32. The molecule has 7 heteroatoms. The van der Waals surface area contributed by atoms with Crippen LogP contribution in [-0.2, 0) is 4.74 Å². The number of aromatic amines is 1. The van der Waals surface area contributed by atoms with Crippen molar-refractivity contribution in [2.75, 3.05) is 0 Å². The van der Waals surface area contributed by atoms with Gasteiger partial charge >= 0.3 is 11.0 Å². The topological polar surface area (TPSA) is 84.1 Å². The molecular weight excluding hydrogens is 266 g/mol. The van der Waals surface area contributed by atoms with Crippen molar-refractivity contribution in [2.45, 2.75) is 57.6 Å². The Morgan fingerprint density at radius 3 is 2.79 bits per heavy atom. The molecule has 0 spiro atoms. The van der Waals surface area contributed by atoms with Gasteiger partial charge < -0.3 is 10.1 Å². The molecular formula is C12H19N3O3S. The molecule has 6 nitrogen and oxygen atoms in total. The second-order valence-electron chi connectivity index (χ2n) is 5.77. The van der Waals surface area contributed by atoms with Gasteiger partial charge in [-0.1, -0.05) is 6.42 Å². The number of H-pyrrole nitrogens is 1. The Hall–Kier alpha value is -1.37. The molecule has 0 bridgehead atoms. The summed E-state index contributed by atoms with van der Waals surface area (Å²) in [7, 11) is 0. The summed E-state index contributed by atoms with van der Waals surface area (Å²) in [5.74, 6) is 0.750. The Labute approximate surface area is 115 Å². The highest BCUT2D eigenvalue weighted by Gasteiger charge is 2.33. The Balaban J connectivity index is 2.00. The number of ether oxygens (including phenoxy) is 1. The largest absolute Gasteiger partial charge is 0.444 e. The standard InChI is InChI=1S/C12H19N3O3S/c1-12(2,3)18-10(16)13-8-6-4-5-7(8)9-14-11(17)19-15-9/h7-8H,4-6H2,1-3H3,(H,13,16)(H,14,15,17)/t7-,8+/m1/s1. The summed E-state index contributed by atoms with van der Waals surface area (Å²) in [6.45, 7) is 5.49. The van der Waals surface area contributed by atoms with Gasteiger partial charge in [-0.3, -0.25) is 9.78 Å². The van der Waals surface area contributed by atoms with E-state index in [2.05, 4.69) is 14.7 Å². The van der Waals surface area contributed by atoms with E-state index < -0.39 is 11.7 Å². The van der Waals surface area contributed by atoms with Crippen LogP contribution in [0.2, 0.25) is 0 Å². The zero-order valence-electron chi connectivity index (χ0n) is 11.4. The molecule has 1 aliphatic rings. The van der Waals surface area contributed by atoms with Crippen molar-refractivity contribution in [3.8, 4) is 0 Å². The van der Waals surface area contributed by atoms with Crippen LogP contribution in [-0.4, -0.2) is 27.1 Å². The van der Waals surface area contributed by atoms with Gasteiger partial charge in [0.2, 0.25) is 0 Å². The lowest BCUT2D eigenvalue weighted by Gasteiger charge is -2.23. The molecule has 1 saturated carbocycles. The first-order valence-corrected chi connectivity index (χ1v) is 7.18. The fraction of sp³-hybridized carbons (Fsp3) is 0.750. The van der Waals surface area contributed by atoms with Crippen molar-refractivity contribution >= 4 is 17.6 Å². The van der Waals surface area contributed by atoms with Gasteiger partial charge in [0, 0.05) is 23.5 Å². The smallest absolute Gasteiger partial charge is 0.407 e. The summed E-state index contributed by atoms with van der Waals surface area (Å²) in [4.78, 5) is 25.5. The van der Waals surface area contributed by atoms with E-state index in [1.165, 1.54) is 0 Å². The minimum Gasteiger partial charge on any atom is -0.444 e. The van der Waals surface area contributed by atoms with E-state index >= 15 is 0 Å². The van der Waals surface area contributed by atoms with Crippen LogP contribution in [0.3, 0.4) is 0 Å². The van der Waals surface area contributed by atoms with Crippen LogP contribution in [0, 0.1) is 0 Å². The summed E-state index contributed by atoms with van der Waals surface area (Å²) in [6, 6.07) is -0.0207. The van der Waals surface area contributed by atoms with E-state index in [4.69, 9.17) is 4.74 Å². The molecule has 1 amide bonds. The maximum absolute atomic E-state index is 11.8. The van der Waals surface area contributed by atoms with Crippen LogP contribution >= 0.6 is 11.5 Å². The number of hydrogen-bond donors (Lipinski definition) is 2. The number of nitrogens with zero attached hydrogens (tertiary/aromatic N) is 1. The first-order valence-electron chi connectivity index (χ1n) is 6.40. The molecule has 106 valence electrons. The molecule has 0 aromatic carbocycles. The van der Waals surface area contributed by atoms with Gasteiger partial charge in [-0.15, -0.1) is 0 Å². The van der Waals surface area contributed by atoms with Crippen LogP contribution in [0.25, 0.3) is 0 Å². The first-order chi connectivity index (χ1) is 8.85. The number of rotatable bonds is 2. The number of carbonyl (C=O) groups is 1. The molecule has 0 saturated heterocycles. The quantitative estimate of drug-likeness (QED) is 0.870. The predicted octanol–water partition coefficient (Wildman–Crippen LogP) is 1.99. The van der Waals surface area contributed by atoms with Crippen LogP contribution in [0.1, 0.15) is 51.8 Å². The highest BCUT2D eigenvalue weighted by Crippen LogP contribution is 2.32. The number of nitrogens with one attached hydrogen (secondary N) is 2. The van der Waals surface area contributed by atoms with E-state index in [0.717, 1.165) is 30.8 Å². The lowest BCUT2D eigenvalue weighted by atomic mass is 10.0. The van der Waals surface area contributed by atoms with Crippen LogP contribution in [0.5, 0.6) is 0 Å². The van der Waals surface area contributed by atoms with Crippen molar-refractivity contribution in [2.24, 2.45) is 0 Å². The van der Waals surface area contributed by atoms with Crippen molar-refractivity contribution in [1.29, 1.82) is 0 Å². The maximum atomic E-state index is 11.8. The summed E-state index contributed by atoms with van der Waals surface area (Å²) in [5, 5.41) is 2.87. The Kier molecular flexibility index (Phi) is 3.93. The molecule has 1 fully saturated rings. The summed E-state index contributed by atoms with van der Waals surface area (Å²) in [6.07, 6.45) is 2.39. The van der Waals surface area contributed by atoms with Gasteiger partial charge in [-0.25, -0.2) is 4.79 Å². The minimum absolute atomic E-state index is 0.0207. The van der Waals surface area contributed by atoms with Gasteiger partial charge in [0.15, 0.2) is 0 Å². The van der Waals surface area contributed by atoms with Gasteiger partial charge in [-0.05, 0) is 33.6 Å². The summed E-state index contributed by atoms with van der Waals surface area (Å²) < 4.78 is 9.36. The second-order valence-corrected chi connectivity index (χ2v) is 6.51. The van der Waals surface area contributed by atoms with Crippen LogP contribution in [0.4, 0.5) is 4.79 Å². The fourth-order valence-electron chi connectivity index (χ4n) is 2.32. The normalized spacial score (nSPS) is 23.3. The molecule has 1 aliphatic carbocycles. The number of aromatic nitrogens is 2. The SMILES string of the molecule is CC(C)(C)OC(=O)N[C@H]1CCC[C@H]1c1nsc(=O)[nH]1. The predicted molar refractivity (Wildman–Crippen MR) is 72.5 cm³/mol. The van der Waals surface area contributed by atoms with Gasteiger partial charge in [0.05, 0.1) is 0 Å². The molecule has 1 aromatic rings. The van der Waals surface area contributed by atoms with E-state index in [0.29, 0.717) is 5.82 Å². The number of alkyl carbamates (subject to hydrolysis) is 1. The van der Waals surface area contributed by atoms with E-state index in [-0.39, 0.29) is 16.8 Å². The monoisotopic (exact) mass is 285 g/mol. The Bertz CT molecular complexity index is 503. The number of carbonyl (C=O) groups excluding carboxylic acids is 1. The summed E-state index contributed by atoms with van der Waals surface area (Å²) >= 11 is 0.917. The van der Waals surface area contributed by atoms with E-state index in [9.17, 15) is 9.59 Å². The lowest BCUT2D eigenvalue weighted by molar-refractivity contribution is 0.0500. The Morgan fingerprint density at radius 2 is 2.21 bits per heavy atom. The number of hydrogen-bond acceptors (Lipinski definition) is 5. The zero-order valence-corrected chi connectivity index (χ0v) is 12.2. The van der Waals surface area contributed by atoms with E-state index in [1.54, 1.807) is 0 Å². The molecule has 0 radical (unpaired) electrons. The van der Waals surface area contributed by atoms with Gasteiger partial charge in [0.25, 0.3) is 0 Å². The molecule has 2 N–H and O–H groups in total. The van der Waals surface area contributed by atoms with Gasteiger partial charge in [-0.2, -0.15) is 4.37 Å². The number of amides is 1. The van der Waals surface area contributed by atoms with Crippen molar-refractivity contribution < 1.29 is 9.53 Å². The fourth-order valence-corrected chi connectivity index (χ4v) is 2.83. The van der Waals surface area contributed by atoms with Crippen LogP contribution < -0.4 is 10.2 Å². The third-order valence-corrected chi connectivity index (χ3v) is 3.58. The average molecular weight is 285 g/mol. The molecule has 2 rings (SSSR count). The Morgan fingerprint density at radius 1 is 1.47 bits per heavy atom. The molecule has 2 atom stereocenters. The lowest BCUT2D eigenvalue weighted by Crippen LogP contribution is -2.40. The third-order valence-electron chi connectivity index (χ3n) is 3.03. The summed E-state index contributed by atoms with van der Waals surface area (Å²) in [5.41, 5.74) is -0.507. The molecule has 1 aromatic heterocycles. The highest BCUT2D eigenvalue weighted by atomic mass is 32.1. The molecule has 0 unspecified atom stereocenters. The minimum atomic E-state index is -0.507. The van der Waals surface area contributed by atoms with Crippen molar-refractivity contribution in [3.05, 3.63) is 15.5 Å². The zero-order chi connectivity index (χ0) is 14.0. The molecule has 19 heavy (non-hydrogen) atoms. The molecule has 1 heterocycles. The third kappa shape index (κ3) is 3.79. The highest BCUT2D eigenvalue weighted by molar-refractivity contribution is 7.02. The molecule has 0 aliphatic heterocycles. The first kappa shape index (κ1) is 14.0. The maximum Gasteiger partial charge on any atom is 0.407 e. The van der Waals surface area contributed by atoms with E-state index in [1.807, 2.05) is 20.8 Å². The van der Waals surface area contributed by atoms with Crippen molar-refractivity contribution in [3.63, 3.8) is 0 Å². The average Bonchev–Trinajstić information content (AvgIpc) is 2.83. The van der Waals surface area contributed by atoms with Crippen molar-refractivity contribution in [1.82, 2.24) is 14.7 Å².